The van der Waals surface area contributed by atoms with Gasteiger partial charge in [0.05, 0.1) is 6.54 Å². The van der Waals surface area contributed by atoms with E-state index < -0.39 is 11.7 Å². The third-order valence-corrected chi connectivity index (χ3v) is 5.65. The Balaban J connectivity index is 1.45. The van der Waals surface area contributed by atoms with Gasteiger partial charge in [-0.1, -0.05) is 30.3 Å². The van der Waals surface area contributed by atoms with E-state index >= 15 is 0 Å². The highest BCUT2D eigenvalue weighted by Gasteiger charge is 2.47. The summed E-state index contributed by atoms with van der Waals surface area (Å²) in [6, 6.07) is 9.80. The van der Waals surface area contributed by atoms with Crippen LogP contribution in [-0.2, 0) is 37.8 Å². The molecule has 0 aliphatic carbocycles. The molecule has 154 valence electrons. The maximum atomic E-state index is 12.8. The van der Waals surface area contributed by atoms with Crippen LogP contribution in [0.3, 0.4) is 0 Å². The van der Waals surface area contributed by atoms with Crippen LogP contribution in [0.5, 0.6) is 0 Å². The van der Waals surface area contributed by atoms with Gasteiger partial charge in [-0.25, -0.2) is 4.98 Å². The quantitative estimate of drug-likeness (QED) is 0.814. The highest BCUT2D eigenvalue weighted by molar-refractivity contribution is 5.81. The number of nitrogens with one attached hydrogen (secondary N) is 1. The fourth-order valence-corrected chi connectivity index (χ4v) is 4.11. The number of carbonyl (C=O) groups is 2. The molecule has 29 heavy (non-hydrogen) atoms. The van der Waals surface area contributed by atoms with Crippen LogP contribution in [0.15, 0.2) is 42.7 Å². The highest BCUT2D eigenvalue weighted by Crippen LogP contribution is 2.40. The lowest BCUT2D eigenvalue weighted by Gasteiger charge is -2.45. The molecule has 2 amide bonds. The number of hydrogen-bond acceptors (Lipinski definition) is 5. The molecule has 0 saturated carbocycles. The minimum atomic E-state index is -0.652. The maximum Gasteiger partial charge on any atom is 0.251 e. The fourth-order valence-electron chi connectivity index (χ4n) is 4.11. The van der Waals surface area contributed by atoms with E-state index in [1.165, 1.54) is 7.11 Å². The van der Waals surface area contributed by atoms with E-state index in [1.54, 1.807) is 11.1 Å². The van der Waals surface area contributed by atoms with Gasteiger partial charge in [0.15, 0.2) is 6.10 Å². The lowest BCUT2D eigenvalue weighted by atomic mass is 9.88. The Morgan fingerprint density at radius 3 is 2.76 bits per heavy atom. The molecule has 2 aromatic rings. The van der Waals surface area contributed by atoms with Crippen molar-refractivity contribution < 1.29 is 19.1 Å². The van der Waals surface area contributed by atoms with Crippen LogP contribution in [-0.4, -0.2) is 59.2 Å². The van der Waals surface area contributed by atoms with Gasteiger partial charge >= 0.3 is 0 Å². The summed E-state index contributed by atoms with van der Waals surface area (Å²) < 4.78 is 13.3. The first kappa shape index (κ1) is 19.6. The van der Waals surface area contributed by atoms with Crippen LogP contribution in [0.4, 0.5) is 0 Å². The summed E-state index contributed by atoms with van der Waals surface area (Å²) in [6.07, 6.45) is 4.23. The predicted molar refractivity (Wildman–Crippen MR) is 105 cm³/mol. The van der Waals surface area contributed by atoms with Gasteiger partial charge in [0.2, 0.25) is 5.91 Å². The summed E-state index contributed by atoms with van der Waals surface area (Å²) in [5.74, 6) is 0.674. The summed E-state index contributed by atoms with van der Waals surface area (Å²) >= 11 is 0. The third-order valence-electron chi connectivity index (χ3n) is 5.65. The van der Waals surface area contributed by atoms with Crippen molar-refractivity contribution in [2.75, 3.05) is 26.8 Å². The maximum absolute atomic E-state index is 12.8. The summed E-state index contributed by atoms with van der Waals surface area (Å²) in [5, 5.41) is 2.98. The minimum absolute atomic E-state index is 0.0290. The summed E-state index contributed by atoms with van der Waals surface area (Å²) in [6.45, 7) is 2.07. The van der Waals surface area contributed by atoms with Gasteiger partial charge in [-0.2, -0.15) is 0 Å². The fraction of sp³-hybridized carbons (Fsp3) is 0.476. The molecule has 0 radical (unpaired) electrons. The van der Waals surface area contributed by atoms with E-state index in [4.69, 9.17) is 9.47 Å². The van der Waals surface area contributed by atoms with E-state index in [2.05, 4.69) is 10.3 Å². The standard InChI is InChI=1S/C21H26N4O4/c1-28-15-18(26)24-10-7-21(8-11-24)20-22-9-12-25(20)14-17(29-21)19(27)23-13-16-5-3-2-4-6-16/h2-6,9,12,17H,7-8,10-11,13-15H2,1H3,(H,23,27). The number of imidazole rings is 1. The monoisotopic (exact) mass is 398 g/mol. The normalized spacial score (nSPS) is 20.3. The molecule has 1 aromatic carbocycles. The number of rotatable bonds is 5. The van der Waals surface area contributed by atoms with E-state index in [1.807, 2.05) is 41.1 Å². The van der Waals surface area contributed by atoms with Gasteiger partial charge in [0, 0.05) is 52.0 Å². The number of fused-ring (bicyclic) bond motifs is 2. The van der Waals surface area contributed by atoms with Crippen LogP contribution in [0, 0.1) is 0 Å². The summed E-state index contributed by atoms with van der Waals surface area (Å²) in [5.41, 5.74) is 0.389. The molecule has 3 heterocycles. The number of aromatic nitrogens is 2. The topological polar surface area (TPSA) is 85.7 Å². The van der Waals surface area contributed by atoms with Gasteiger partial charge in [-0.3, -0.25) is 9.59 Å². The number of likely N-dealkylation sites (tertiary alicyclic amines) is 1. The van der Waals surface area contributed by atoms with Crippen LogP contribution < -0.4 is 5.32 Å². The second kappa shape index (κ2) is 8.34. The van der Waals surface area contributed by atoms with Crippen molar-refractivity contribution >= 4 is 11.8 Å². The van der Waals surface area contributed by atoms with Crippen LogP contribution >= 0.6 is 0 Å². The number of nitrogens with zero attached hydrogens (tertiary/aromatic N) is 3. The van der Waals surface area contributed by atoms with Crippen molar-refractivity contribution in [3.05, 3.63) is 54.1 Å². The zero-order chi connectivity index (χ0) is 20.3. The van der Waals surface area contributed by atoms with Gasteiger partial charge in [0.25, 0.3) is 5.91 Å². The Hall–Kier alpha value is -2.71. The molecule has 2 aliphatic heterocycles. The number of hydrogen-bond donors (Lipinski definition) is 1. The Kier molecular flexibility index (Phi) is 5.64. The van der Waals surface area contributed by atoms with Crippen LogP contribution in [0.1, 0.15) is 24.2 Å². The number of piperidine rings is 1. The molecule has 1 N–H and O–H groups in total. The van der Waals surface area contributed by atoms with Gasteiger partial charge < -0.3 is 24.3 Å². The number of carbonyl (C=O) groups excluding carboxylic acids is 2. The Labute approximate surface area is 169 Å². The molecule has 1 spiro atoms. The van der Waals surface area contributed by atoms with E-state index in [0.717, 1.165) is 11.4 Å². The molecule has 4 rings (SSSR count). The van der Waals surface area contributed by atoms with E-state index in [0.29, 0.717) is 39.0 Å². The molecular formula is C21H26N4O4. The lowest BCUT2D eigenvalue weighted by Crippen LogP contribution is -2.55. The molecule has 1 saturated heterocycles. The molecule has 0 bridgehead atoms. The molecule has 8 nitrogen and oxygen atoms in total. The smallest absolute Gasteiger partial charge is 0.251 e. The van der Waals surface area contributed by atoms with Gasteiger partial charge in [0.1, 0.15) is 18.0 Å². The Morgan fingerprint density at radius 1 is 1.28 bits per heavy atom. The predicted octanol–water partition coefficient (Wildman–Crippen LogP) is 1.06. The van der Waals surface area contributed by atoms with Crippen molar-refractivity contribution in [2.45, 2.75) is 37.6 Å². The Bertz CT molecular complexity index is 859. The molecule has 1 fully saturated rings. The summed E-state index contributed by atoms with van der Waals surface area (Å²) in [4.78, 5) is 31.3. The molecule has 8 heteroatoms. The summed E-state index contributed by atoms with van der Waals surface area (Å²) in [7, 11) is 1.52. The van der Waals surface area contributed by atoms with Crippen LogP contribution in [0.2, 0.25) is 0 Å². The Morgan fingerprint density at radius 2 is 2.03 bits per heavy atom. The molecular weight excluding hydrogens is 372 g/mol. The number of methoxy groups -OCH3 is 1. The minimum Gasteiger partial charge on any atom is -0.375 e. The average Bonchev–Trinajstić information content (AvgIpc) is 3.23. The first-order valence-electron chi connectivity index (χ1n) is 9.89. The largest absolute Gasteiger partial charge is 0.375 e. The van der Waals surface area contributed by atoms with Crippen molar-refractivity contribution in [1.29, 1.82) is 0 Å². The zero-order valence-electron chi connectivity index (χ0n) is 16.5. The first-order valence-corrected chi connectivity index (χ1v) is 9.89. The number of amides is 2. The molecule has 2 aliphatic rings. The number of ether oxygens (including phenoxy) is 2. The third kappa shape index (κ3) is 4.04. The lowest BCUT2D eigenvalue weighted by molar-refractivity contribution is -0.176. The van der Waals surface area contributed by atoms with E-state index in [-0.39, 0.29) is 18.4 Å². The van der Waals surface area contributed by atoms with Crippen LogP contribution in [0.25, 0.3) is 0 Å². The first-order chi connectivity index (χ1) is 14.1. The highest BCUT2D eigenvalue weighted by atomic mass is 16.5. The SMILES string of the molecule is COCC(=O)N1CCC2(CC1)OC(C(=O)NCc1ccccc1)Cn1ccnc12. The molecule has 1 unspecified atom stereocenters. The molecule has 1 aromatic heterocycles. The average molecular weight is 398 g/mol. The second-order valence-electron chi connectivity index (χ2n) is 7.52. The van der Waals surface area contributed by atoms with E-state index in [9.17, 15) is 9.59 Å². The number of benzene rings is 1. The van der Waals surface area contributed by atoms with Crippen molar-refractivity contribution in [2.24, 2.45) is 0 Å². The van der Waals surface area contributed by atoms with Gasteiger partial charge in [-0.15, -0.1) is 0 Å². The van der Waals surface area contributed by atoms with Crippen molar-refractivity contribution in [3.63, 3.8) is 0 Å². The molecule has 1 atom stereocenters. The van der Waals surface area contributed by atoms with Gasteiger partial charge in [-0.05, 0) is 5.56 Å². The van der Waals surface area contributed by atoms with Crippen molar-refractivity contribution in [3.8, 4) is 0 Å². The second-order valence-corrected chi connectivity index (χ2v) is 7.52. The zero-order valence-corrected chi connectivity index (χ0v) is 16.5. The van der Waals surface area contributed by atoms with Crippen molar-refractivity contribution in [1.82, 2.24) is 19.8 Å².